The van der Waals surface area contributed by atoms with Crippen molar-refractivity contribution < 1.29 is 23.9 Å². The molecule has 0 fully saturated rings. The smallest absolute Gasteiger partial charge is 0.306 e. The third kappa shape index (κ3) is 5.67. The number of carbonyl (C=O) groups excluding carboxylic acids is 3. The van der Waals surface area contributed by atoms with E-state index in [9.17, 15) is 14.4 Å². The van der Waals surface area contributed by atoms with E-state index in [-0.39, 0.29) is 24.7 Å². The molecule has 0 N–H and O–H groups in total. The Morgan fingerprint density at radius 3 is 2.55 bits per heavy atom. The van der Waals surface area contributed by atoms with E-state index in [0.717, 1.165) is 24.1 Å². The molecule has 1 heterocycles. The van der Waals surface area contributed by atoms with Gasteiger partial charge in [0.25, 0.3) is 5.91 Å². The first kappa shape index (κ1) is 20.6. The molecular formula is C23H25NO5. The van der Waals surface area contributed by atoms with Crippen molar-refractivity contribution in [1.82, 2.24) is 0 Å². The molecule has 152 valence electrons. The molecule has 3 rings (SSSR count). The average molecular weight is 395 g/mol. The number of Topliss-reactive ketones (excluding diaryl/α,β-unsaturated/α-hetero) is 1. The van der Waals surface area contributed by atoms with Gasteiger partial charge in [0.2, 0.25) is 0 Å². The van der Waals surface area contributed by atoms with Crippen LogP contribution in [0, 0.1) is 0 Å². The van der Waals surface area contributed by atoms with Crippen LogP contribution in [-0.4, -0.2) is 37.4 Å². The molecule has 2 aromatic rings. The molecule has 0 aliphatic carbocycles. The van der Waals surface area contributed by atoms with Gasteiger partial charge in [-0.1, -0.05) is 18.2 Å². The molecule has 1 aliphatic rings. The molecule has 1 aliphatic heterocycles. The summed E-state index contributed by atoms with van der Waals surface area (Å²) in [5.41, 5.74) is 2.68. The largest absolute Gasteiger partial charge is 0.494 e. The van der Waals surface area contributed by atoms with Crippen LogP contribution in [0.3, 0.4) is 0 Å². The molecule has 0 spiro atoms. The van der Waals surface area contributed by atoms with Gasteiger partial charge >= 0.3 is 5.97 Å². The predicted molar refractivity (Wildman–Crippen MR) is 109 cm³/mol. The minimum atomic E-state index is -0.417. The summed E-state index contributed by atoms with van der Waals surface area (Å²) in [5, 5.41) is 0. The van der Waals surface area contributed by atoms with E-state index in [2.05, 4.69) is 0 Å². The summed E-state index contributed by atoms with van der Waals surface area (Å²) in [5.74, 6) is 0.0238. The van der Waals surface area contributed by atoms with Gasteiger partial charge in [-0.2, -0.15) is 0 Å². The quantitative estimate of drug-likeness (QED) is 0.388. The van der Waals surface area contributed by atoms with Gasteiger partial charge in [-0.25, -0.2) is 0 Å². The van der Waals surface area contributed by atoms with Crippen LogP contribution in [0.4, 0.5) is 5.69 Å². The van der Waals surface area contributed by atoms with Crippen molar-refractivity contribution in [2.45, 2.75) is 32.6 Å². The van der Waals surface area contributed by atoms with Crippen molar-refractivity contribution in [1.29, 1.82) is 0 Å². The first-order chi connectivity index (χ1) is 14.0. The Hall–Kier alpha value is -3.15. The van der Waals surface area contributed by atoms with Crippen molar-refractivity contribution in [2.24, 2.45) is 0 Å². The number of hydrogen-bond donors (Lipinski definition) is 0. The van der Waals surface area contributed by atoms with Gasteiger partial charge in [0.05, 0.1) is 6.61 Å². The van der Waals surface area contributed by atoms with Crippen LogP contribution in [0.2, 0.25) is 0 Å². The van der Waals surface area contributed by atoms with E-state index in [1.165, 1.54) is 6.92 Å². The van der Waals surface area contributed by atoms with Gasteiger partial charge in [-0.15, -0.1) is 0 Å². The van der Waals surface area contributed by atoms with Crippen LogP contribution in [0.15, 0.2) is 48.5 Å². The second-order valence-electron chi connectivity index (χ2n) is 6.97. The normalized spacial score (nSPS) is 12.8. The number of para-hydroxylation sites is 1. The lowest BCUT2D eigenvalue weighted by atomic mass is 10.0. The highest BCUT2D eigenvalue weighted by atomic mass is 16.5. The SMILES string of the molecule is CC(=O)c1ccc(OCCCC(=O)OCC(=O)N2CCCc3ccccc32)cc1. The highest BCUT2D eigenvalue weighted by Gasteiger charge is 2.22. The summed E-state index contributed by atoms with van der Waals surface area (Å²) in [4.78, 5) is 37.3. The number of ether oxygens (including phenoxy) is 2. The van der Waals surface area contributed by atoms with Crippen LogP contribution in [0.1, 0.15) is 42.1 Å². The fraction of sp³-hybridized carbons (Fsp3) is 0.348. The maximum absolute atomic E-state index is 12.5. The van der Waals surface area contributed by atoms with Crippen LogP contribution in [0.25, 0.3) is 0 Å². The Morgan fingerprint density at radius 2 is 1.79 bits per heavy atom. The molecule has 0 atom stereocenters. The minimum Gasteiger partial charge on any atom is -0.494 e. The minimum absolute atomic E-state index is 0.00174. The van der Waals surface area contributed by atoms with Crippen LogP contribution < -0.4 is 9.64 Å². The summed E-state index contributed by atoms with van der Waals surface area (Å²) in [6.07, 6.45) is 2.52. The Kier molecular flexibility index (Phi) is 7.00. The number of fused-ring (bicyclic) bond motifs is 1. The number of anilines is 1. The Bertz CT molecular complexity index is 875. The second kappa shape index (κ2) is 9.87. The Morgan fingerprint density at radius 1 is 1.03 bits per heavy atom. The molecule has 0 unspecified atom stereocenters. The first-order valence-electron chi connectivity index (χ1n) is 9.82. The van der Waals surface area contributed by atoms with Gasteiger partial charge in [-0.05, 0) is 62.1 Å². The van der Waals surface area contributed by atoms with Crippen molar-refractivity contribution >= 4 is 23.3 Å². The first-order valence-corrected chi connectivity index (χ1v) is 9.82. The van der Waals surface area contributed by atoms with E-state index in [1.807, 2.05) is 24.3 Å². The Labute approximate surface area is 170 Å². The third-order valence-electron chi connectivity index (χ3n) is 4.82. The van der Waals surface area contributed by atoms with Crippen LogP contribution in [-0.2, 0) is 20.7 Å². The monoisotopic (exact) mass is 395 g/mol. The summed E-state index contributed by atoms with van der Waals surface area (Å²) < 4.78 is 10.7. The molecule has 0 bridgehead atoms. The topological polar surface area (TPSA) is 72.9 Å². The fourth-order valence-corrected chi connectivity index (χ4v) is 3.28. The van der Waals surface area contributed by atoms with Crippen molar-refractivity contribution in [3.05, 3.63) is 59.7 Å². The van der Waals surface area contributed by atoms with Gasteiger partial charge in [0, 0.05) is 24.2 Å². The van der Waals surface area contributed by atoms with Crippen LogP contribution >= 0.6 is 0 Å². The number of benzene rings is 2. The fourth-order valence-electron chi connectivity index (χ4n) is 3.28. The summed E-state index contributed by atoms with van der Waals surface area (Å²) in [7, 11) is 0. The third-order valence-corrected chi connectivity index (χ3v) is 4.82. The predicted octanol–water partition coefficient (Wildman–Crippen LogP) is 3.57. The number of aryl methyl sites for hydroxylation is 1. The van der Waals surface area contributed by atoms with Crippen LogP contribution in [0.5, 0.6) is 5.75 Å². The van der Waals surface area contributed by atoms with Gasteiger partial charge in [0.1, 0.15) is 5.75 Å². The van der Waals surface area contributed by atoms with Crippen molar-refractivity contribution in [3.63, 3.8) is 0 Å². The van der Waals surface area contributed by atoms with E-state index in [4.69, 9.17) is 9.47 Å². The number of rotatable bonds is 8. The van der Waals surface area contributed by atoms with E-state index < -0.39 is 5.97 Å². The zero-order valence-electron chi connectivity index (χ0n) is 16.6. The zero-order valence-corrected chi connectivity index (χ0v) is 16.6. The standard InChI is InChI=1S/C23H25NO5/c1-17(25)18-10-12-20(13-11-18)28-15-5-9-23(27)29-16-22(26)24-14-4-7-19-6-2-3-8-21(19)24/h2-3,6,8,10-13H,4-5,7,9,14-16H2,1H3. The highest BCUT2D eigenvalue weighted by Crippen LogP contribution is 2.26. The zero-order chi connectivity index (χ0) is 20.6. The molecule has 2 aromatic carbocycles. The Balaban J connectivity index is 1.37. The number of esters is 1. The maximum Gasteiger partial charge on any atom is 0.306 e. The molecular weight excluding hydrogens is 370 g/mol. The van der Waals surface area contributed by atoms with Gasteiger partial charge < -0.3 is 14.4 Å². The molecule has 0 saturated carbocycles. The maximum atomic E-state index is 12.5. The van der Waals surface area contributed by atoms with E-state index in [0.29, 0.717) is 30.9 Å². The lowest BCUT2D eigenvalue weighted by molar-refractivity contribution is -0.148. The average Bonchev–Trinajstić information content (AvgIpc) is 2.75. The van der Waals surface area contributed by atoms with Gasteiger partial charge in [0.15, 0.2) is 12.4 Å². The van der Waals surface area contributed by atoms with Crippen molar-refractivity contribution in [2.75, 3.05) is 24.7 Å². The van der Waals surface area contributed by atoms with Gasteiger partial charge in [-0.3, -0.25) is 14.4 Å². The second-order valence-corrected chi connectivity index (χ2v) is 6.97. The summed E-state index contributed by atoms with van der Waals surface area (Å²) in [6.45, 7) is 2.25. The molecule has 29 heavy (non-hydrogen) atoms. The molecule has 0 aromatic heterocycles. The molecule has 6 nitrogen and oxygen atoms in total. The number of amides is 1. The highest BCUT2D eigenvalue weighted by molar-refractivity contribution is 5.96. The van der Waals surface area contributed by atoms with E-state index in [1.54, 1.807) is 29.2 Å². The summed E-state index contributed by atoms with van der Waals surface area (Å²) in [6, 6.07) is 14.7. The number of nitrogens with zero attached hydrogens (tertiary/aromatic N) is 1. The molecule has 0 radical (unpaired) electrons. The van der Waals surface area contributed by atoms with Crippen molar-refractivity contribution in [3.8, 4) is 5.75 Å². The summed E-state index contributed by atoms with van der Waals surface area (Å²) >= 11 is 0. The molecule has 0 saturated heterocycles. The lowest BCUT2D eigenvalue weighted by Crippen LogP contribution is -2.38. The number of hydrogen-bond acceptors (Lipinski definition) is 5. The molecule has 1 amide bonds. The number of ketones is 1. The molecule has 6 heteroatoms. The lowest BCUT2D eigenvalue weighted by Gasteiger charge is -2.29. The van der Waals surface area contributed by atoms with E-state index >= 15 is 0 Å². The number of carbonyl (C=O) groups is 3.